The molecule has 2 fully saturated rings. The van der Waals surface area contributed by atoms with Crippen LogP contribution < -0.4 is 25.2 Å². The van der Waals surface area contributed by atoms with Crippen LogP contribution in [-0.2, 0) is 11.3 Å². The number of aromatic nitrogens is 3. The molecule has 3 aromatic rings. The van der Waals surface area contributed by atoms with Gasteiger partial charge in [-0.25, -0.2) is 18.7 Å². The van der Waals surface area contributed by atoms with E-state index < -0.39 is 12.2 Å². The van der Waals surface area contributed by atoms with Crippen LogP contribution >= 0.6 is 11.8 Å². The molecule has 2 N–H and O–H groups in total. The maximum Gasteiger partial charge on any atom is 0.254 e. The van der Waals surface area contributed by atoms with Crippen LogP contribution in [0.2, 0.25) is 0 Å². The number of pyridine rings is 1. The van der Waals surface area contributed by atoms with Crippen molar-refractivity contribution in [3.8, 4) is 22.6 Å². The first-order chi connectivity index (χ1) is 22.6. The number of nitrogens with zero attached hydrogens (tertiary/aromatic N) is 4. The lowest BCUT2D eigenvalue weighted by molar-refractivity contribution is -0.126. The molecule has 1 atom stereocenters. The Balaban J connectivity index is 1.32. The molecule has 5 heterocycles. The third kappa shape index (κ3) is 6.95. The predicted octanol–water partition coefficient (Wildman–Crippen LogP) is 4.40. The Kier molecular flexibility index (Phi) is 9.72. The number of benzene rings is 1. The summed E-state index contributed by atoms with van der Waals surface area (Å²) >= 11 is 1.45. The van der Waals surface area contributed by atoms with Gasteiger partial charge in [0.15, 0.2) is 11.5 Å². The molecule has 0 aliphatic carbocycles. The molecule has 47 heavy (non-hydrogen) atoms. The van der Waals surface area contributed by atoms with Crippen molar-refractivity contribution in [2.45, 2.75) is 57.3 Å². The van der Waals surface area contributed by atoms with Gasteiger partial charge in [-0.2, -0.15) is 0 Å². The summed E-state index contributed by atoms with van der Waals surface area (Å²) in [6.45, 7) is 8.91. The maximum absolute atomic E-state index is 13.8. The van der Waals surface area contributed by atoms with Crippen LogP contribution in [0.15, 0.2) is 34.2 Å². The van der Waals surface area contributed by atoms with Gasteiger partial charge in [0.25, 0.3) is 23.7 Å². The minimum atomic E-state index is -2.38. The van der Waals surface area contributed by atoms with Gasteiger partial charge in [0.05, 0.1) is 19.8 Å². The molecule has 1 amide bonds. The van der Waals surface area contributed by atoms with Gasteiger partial charge in [0, 0.05) is 83.3 Å². The maximum atomic E-state index is 13.8. The van der Waals surface area contributed by atoms with Crippen LogP contribution in [0.4, 0.5) is 14.7 Å². The van der Waals surface area contributed by atoms with Crippen LogP contribution in [0, 0.1) is 19.8 Å². The van der Waals surface area contributed by atoms with Crippen molar-refractivity contribution in [1.82, 2.24) is 25.2 Å². The number of ether oxygens (including phenoxy) is 3. The first-order valence-electron chi connectivity index (χ1n) is 15.8. The molecular formula is C33H40F2N6O5S. The number of amides is 1. The molecule has 1 aromatic carbocycles. The standard InChI is InChI=1S/C33H40F2N6O5S/c1-19-13-26(47-4)25(31(43)39-19)17-36-30(42)23-14-24(21-15-37-32(38-16-21)41-9-11-44-12-10-41)29-28(20(23)2)45-33(3,46-29)22-5-7-40(8-6-22)18-27(34)35/h13-16,22,27H,5-12,17-18H2,1-4H3,(H,36,42)(H,39,43)/t33-/m0/s1. The summed E-state index contributed by atoms with van der Waals surface area (Å²) in [4.78, 5) is 43.2. The molecule has 0 radical (unpaired) electrons. The Bertz CT molecular complexity index is 1680. The van der Waals surface area contributed by atoms with E-state index in [1.165, 1.54) is 11.8 Å². The first-order valence-corrected chi connectivity index (χ1v) is 17.0. The normalized spacial score (nSPS) is 20.2. The minimum Gasteiger partial charge on any atom is -0.448 e. The van der Waals surface area contributed by atoms with Crippen molar-refractivity contribution in [2.75, 3.05) is 57.1 Å². The molecule has 0 saturated carbocycles. The first kappa shape index (κ1) is 33.2. The number of halogens is 2. The highest BCUT2D eigenvalue weighted by molar-refractivity contribution is 7.98. The quantitative estimate of drug-likeness (QED) is 0.317. The van der Waals surface area contributed by atoms with Gasteiger partial charge in [-0.15, -0.1) is 11.8 Å². The fourth-order valence-electron chi connectivity index (χ4n) is 6.52. The largest absolute Gasteiger partial charge is 0.448 e. The Morgan fingerprint density at radius 1 is 1.11 bits per heavy atom. The molecule has 2 aromatic heterocycles. The number of fused-ring (bicyclic) bond motifs is 1. The zero-order valence-corrected chi connectivity index (χ0v) is 27.8. The van der Waals surface area contributed by atoms with E-state index in [0.29, 0.717) is 97.5 Å². The van der Waals surface area contributed by atoms with Crippen molar-refractivity contribution >= 4 is 23.6 Å². The molecule has 6 rings (SSSR count). The Morgan fingerprint density at radius 3 is 2.45 bits per heavy atom. The lowest BCUT2D eigenvalue weighted by atomic mass is 9.89. The lowest BCUT2D eigenvalue weighted by Gasteiger charge is -2.38. The number of carbonyl (C=O) groups is 1. The zero-order valence-electron chi connectivity index (χ0n) is 27.0. The van der Waals surface area contributed by atoms with Gasteiger partial charge in [-0.3, -0.25) is 14.5 Å². The van der Waals surface area contributed by atoms with Crippen LogP contribution in [-0.4, -0.2) is 90.2 Å². The highest BCUT2D eigenvalue weighted by atomic mass is 32.2. The monoisotopic (exact) mass is 670 g/mol. The van der Waals surface area contributed by atoms with Gasteiger partial charge in [-0.1, -0.05) is 0 Å². The number of anilines is 1. The molecule has 0 bridgehead atoms. The summed E-state index contributed by atoms with van der Waals surface area (Å²) in [5.41, 5.74) is 3.18. The van der Waals surface area contributed by atoms with Crippen molar-refractivity contribution in [3.05, 3.63) is 57.3 Å². The molecule has 0 unspecified atom stereocenters. The second kappa shape index (κ2) is 13.8. The summed E-state index contributed by atoms with van der Waals surface area (Å²) < 4.78 is 44.7. The number of hydrogen-bond acceptors (Lipinski definition) is 10. The van der Waals surface area contributed by atoms with E-state index in [1.54, 1.807) is 23.4 Å². The van der Waals surface area contributed by atoms with Crippen molar-refractivity contribution in [1.29, 1.82) is 0 Å². The molecular weight excluding hydrogens is 630 g/mol. The highest BCUT2D eigenvalue weighted by Gasteiger charge is 2.47. The fraction of sp³-hybridized carbons (Fsp3) is 0.515. The van der Waals surface area contributed by atoms with Crippen molar-refractivity contribution < 1.29 is 27.8 Å². The third-order valence-electron chi connectivity index (χ3n) is 9.18. The number of carbonyl (C=O) groups excluding carboxylic acids is 1. The number of morpholine rings is 1. The molecule has 11 nitrogen and oxygen atoms in total. The summed E-state index contributed by atoms with van der Waals surface area (Å²) in [6.07, 6.45) is 4.18. The summed E-state index contributed by atoms with van der Waals surface area (Å²) in [5.74, 6) is 0.0160. The number of aryl methyl sites for hydroxylation is 1. The zero-order chi connectivity index (χ0) is 33.3. The van der Waals surface area contributed by atoms with Crippen molar-refractivity contribution in [3.63, 3.8) is 0 Å². The number of likely N-dealkylation sites (tertiary alicyclic amines) is 1. The van der Waals surface area contributed by atoms with E-state index >= 15 is 0 Å². The average molecular weight is 671 g/mol. The van der Waals surface area contributed by atoms with Crippen LogP contribution in [0.5, 0.6) is 11.5 Å². The molecule has 3 aliphatic heterocycles. The number of piperidine rings is 1. The SMILES string of the molecule is CSc1cc(C)[nH]c(=O)c1CNC(=O)c1cc(-c2cnc(N3CCOCC3)nc2)c2c(c1C)O[C@](C)(C1CCN(CC(F)F)CC1)O2. The second-order valence-corrected chi connectivity index (χ2v) is 13.2. The fourth-order valence-corrected chi connectivity index (χ4v) is 7.23. The predicted molar refractivity (Wildman–Crippen MR) is 175 cm³/mol. The highest BCUT2D eigenvalue weighted by Crippen LogP contribution is 2.52. The number of alkyl halides is 2. The van der Waals surface area contributed by atoms with E-state index in [4.69, 9.17) is 14.2 Å². The van der Waals surface area contributed by atoms with Gasteiger partial charge >= 0.3 is 0 Å². The van der Waals surface area contributed by atoms with E-state index in [0.717, 1.165) is 10.6 Å². The van der Waals surface area contributed by atoms with E-state index in [9.17, 15) is 18.4 Å². The van der Waals surface area contributed by atoms with E-state index in [1.807, 2.05) is 33.1 Å². The summed E-state index contributed by atoms with van der Waals surface area (Å²) in [6, 6.07) is 3.64. The minimum absolute atomic E-state index is 0.0418. The Labute approximate surface area is 276 Å². The third-order valence-corrected chi connectivity index (χ3v) is 9.99. The van der Waals surface area contributed by atoms with Crippen LogP contribution in [0.25, 0.3) is 11.1 Å². The molecule has 3 aliphatic rings. The summed E-state index contributed by atoms with van der Waals surface area (Å²) in [7, 11) is 0. The number of H-pyrrole nitrogens is 1. The number of thioether (sulfide) groups is 1. The Morgan fingerprint density at radius 2 is 1.79 bits per heavy atom. The average Bonchev–Trinajstić information content (AvgIpc) is 3.43. The van der Waals surface area contributed by atoms with Crippen molar-refractivity contribution in [2.24, 2.45) is 5.92 Å². The van der Waals surface area contributed by atoms with E-state index in [-0.39, 0.29) is 30.5 Å². The number of nitrogens with one attached hydrogen (secondary N) is 2. The van der Waals surface area contributed by atoms with Gasteiger partial charge in [-0.05, 0) is 58.2 Å². The van der Waals surface area contributed by atoms with Gasteiger partial charge in [0.1, 0.15) is 0 Å². The van der Waals surface area contributed by atoms with Crippen LogP contribution in [0.1, 0.15) is 46.9 Å². The van der Waals surface area contributed by atoms with Gasteiger partial charge < -0.3 is 29.4 Å². The number of hydrogen-bond donors (Lipinski definition) is 2. The number of aromatic amines is 1. The number of rotatable bonds is 9. The van der Waals surface area contributed by atoms with E-state index in [2.05, 4.69) is 25.2 Å². The molecule has 14 heteroatoms. The second-order valence-electron chi connectivity index (χ2n) is 12.3. The summed E-state index contributed by atoms with van der Waals surface area (Å²) in [5, 5.41) is 2.93. The topological polar surface area (TPSA) is 122 Å². The van der Waals surface area contributed by atoms with Gasteiger partial charge in [0.2, 0.25) is 5.95 Å². The Hall–Kier alpha value is -3.75. The lowest BCUT2D eigenvalue weighted by Crippen LogP contribution is -2.49. The van der Waals surface area contributed by atoms with Crippen LogP contribution in [0.3, 0.4) is 0 Å². The smallest absolute Gasteiger partial charge is 0.254 e. The molecule has 0 spiro atoms. The molecule has 2 saturated heterocycles. The molecule has 252 valence electrons.